The molecule has 5 nitrogen and oxygen atoms in total. The van der Waals surface area contributed by atoms with Gasteiger partial charge in [-0.2, -0.15) is 17.0 Å². The fraction of sp³-hybridized carbons (Fsp3) is 1.00. The van der Waals surface area contributed by atoms with Crippen LogP contribution in [0.3, 0.4) is 0 Å². The summed E-state index contributed by atoms with van der Waals surface area (Å²) < 4.78 is 27.9. The highest BCUT2D eigenvalue weighted by atomic mass is 32.2. The van der Waals surface area contributed by atoms with Crippen LogP contribution in [0, 0.1) is 5.92 Å². The molecule has 0 saturated carbocycles. The molecule has 1 fully saturated rings. The van der Waals surface area contributed by atoms with E-state index in [4.69, 9.17) is 5.73 Å². The number of piperidine rings is 1. The van der Waals surface area contributed by atoms with Gasteiger partial charge in [-0.15, -0.1) is 0 Å². The van der Waals surface area contributed by atoms with Gasteiger partial charge in [0.15, 0.2) is 0 Å². The maximum atomic E-state index is 12.4. The molecular formula is C11H25N3O2S. The third-order valence-corrected chi connectivity index (χ3v) is 5.32. The molecule has 1 aliphatic heterocycles. The molecule has 1 saturated heterocycles. The van der Waals surface area contributed by atoms with Crippen molar-refractivity contribution in [1.82, 2.24) is 8.61 Å². The Bertz CT molecular complexity index is 313. The van der Waals surface area contributed by atoms with Crippen LogP contribution in [0.1, 0.15) is 33.1 Å². The zero-order valence-corrected chi connectivity index (χ0v) is 11.7. The van der Waals surface area contributed by atoms with E-state index < -0.39 is 10.2 Å². The minimum absolute atomic E-state index is 0.203. The van der Waals surface area contributed by atoms with E-state index in [1.807, 2.05) is 13.8 Å². The second-order valence-electron chi connectivity index (χ2n) is 4.76. The number of rotatable bonds is 6. The Morgan fingerprint density at radius 3 is 2.35 bits per heavy atom. The summed E-state index contributed by atoms with van der Waals surface area (Å²) in [4.78, 5) is 0. The summed E-state index contributed by atoms with van der Waals surface area (Å²) in [6.45, 7) is 6.74. The van der Waals surface area contributed by atoms with E-state index in [-0.39, 0.29) is 5.92 Å². The average molecular weight is 263 g/mol. The first-order chi connectivity index (χ1) is 8.02. The largest absolute Gasteiger partial charge is 0.330 e. The van der Waals surface area contributed by atoms with Crippen LogP contribution in [0.4, 0.5) is 0 Å². The molecule has 0 aromatic carbocycles. The van der Waals surface area contributed by atoms with Gasteiger partial charge in [-0.25, -0.2) is 0 Å². The number of nitrogens with two attached hydrogens (primary N) is 1. The number of nitrogens with zero attached hydrogens (tertiary/aromatic N) is 2. The Morgan fingerprint density at radius 2 is 1.88 bits per heavy atom. The van der Waals surface area contributed by atoms with Gasteiger partial charge in [0.2, 0.25) is 0 Å². The van der Waals surface area contributed by atoms with Crippen LogP contribution in [0.25, 0.3) is 0 Å². The molecule has 1 heterocycles. The molecule has 0 bridgehead atoms. The van der Waals surface area contributed by atoms with E-state index in [1.165, 1.54) is 0 Å². The van der Waals surface area contributed by atoms with E-state index in [2.05, 4.69) is 0 Å². The highest BCUT2D eigenvalue weighted by molar-refractivity contribution is 7.86. The Balaban J connectivity index is 2.70. The molecule has 0 aromatic heterocycles. The van der Waals surface area contributed by atoms with E-state index >= 15 is 0 Å². The Morgan fingerprint density at radius 1 is 1.29 bits per heavy atom. The SMILES string of the molecule is CCN(CC(C)CN)S(=O)(=O)N1CCCCC1. The van der Waals surface area contributed by atoms with Crippen molar-refractivity contribution in [3.05, 3.63) is 0 Å². The van der Waals surface area contributed by atoms with Crippen LogP contribution in [0.5, 0.6) is 0 Å². The average Bonchev–Trinajstić information content (AvgIpc) is 2.36. The van der Waals surface area contributed by atoms with Gasteiger partial charge in [0, 0.05) is 26.2 Å². The highest BCUT2D eigenvalue weighted by Gasteiger charge is 2.30. The van der Waals surface area contributed by atoms with Gasteiger partial charge in [0.1, 0.15) is 0 Å². The minimum Gasteiger partial charge on any atom is -0.330 e. The molecule has 0 aromatic rings. The van der Waals surface area contributed by atoms with Crippen molar-refractivity contribution in [2.24, 2.45) is 11.7 Å². The predicted molar refractivity (Wildman–Crippen MR) is 69.8 cm³/mol. The molecule has 1 aliphatic rings. The third kappa shape index (κ3) is 3.91. The molecule has 1 unspecified atom stereocenters. The van der Waals surface area contributed by atoms with Gasteiger partial charge < -0.3 is 5.73 Å². The van der Waals surface area contributed by atoms with Gasteiger partial charge >= 0.3 is 0 Å². The second kappa shape index (κ2) is 6.68. The normalized spacial score (nSPS) is 20.7. The fourth-order valence-corrected chi connectivity index (χ4v) is 3.88. The lowest BCUT2D eigenvalue weighted by atomic mass is 10.2. The first kappa shape index (κ1) is 14.9. The van der Waals surface area contributed by atoms with Crippen LogP contribution in [-0.2, 0) is 10.2 Å². The summed E-state index contributed by atoms with van der Waals surface area (Å²) in [6.07, 6.45) is 3.09. The van der Waals surface area contributed by atoms with Crippen molar-refractivity contribution in [3.63, 3.8) is 0 Å². The van der Waals surface area contributed by atoms with Gasteiger partial charge in [-0.1, -0.05) is 20.3 Å². The lowest BCUT2D eigenvalue weighted by Gasteiger charge is -2.32. The van der Waals surface area contributed by atoms with E-state index in [1.54, 1.807) is 8.61 Å². The van der Waals surface area contributed by atoms with Crippen LogP contribution < -0.4 is 5.73 Å². The zero-order valence-electron chi connectivity index (χ0n) is 10.9. The standard InChI is InChI=1S/C11H25N3O2S/c1-3-13(10-11(2)9-12)17(15,16)14-7-5-4-6-8-14/h11H,3-10,12H2,1-2H3. The third-order valence-electron chi connectivity index (χ3n) is 3.24. The van der Waals surface area contributed by atoms with Gasteiger partial charge in [-0.05, 0) is 25.3 Å². The summed E-state index contributed by atoms with van der Waals surface area (Å²) >= 11 is 0. The maximum absolute atomic E-state index is 12.4. The van der Waals surface area contributed by atoms with Gasteiger partial charge in [0.05, 0.1) is 0 Å². The van der Waals surface area contributed by atoms with Crippen LogP contribution in [-0.4, -0.2) is 49.8 Å². The summed E-state index contributed by atoms with van der Waals surface area (Å²) in [5.41, 5.74) is 5.56. The zero-order chi connectivity index (χ0) is 12.9. The molecule has 0 radical (unpaired) electrons. The molecule has 0 aliphatic carbocycles. The summed E-state index contributed by atoms with van der Waals surface area (Å²) in [7, 11) is -3.27. The Hall–Kier alpha value is -0.170. The van der Waals surface area contributed by atoms with E-state index in [0.29, 0.717) is 32.7 Å². The fourth-order valence-electron chi connectivity index (χ4n) is 2.07. The van der Waals surface area contributed by atoms with Crippen LogP contribution >= 0.6 is 0 Å². The summed E-state index contributed by atoms with van der Waals surface area (Å²) in [6, 6.07) is 0. The lowest BCUT2D eigenvalue weighted by molar-refractivity contribution is 0.292. The first-order valence-corrected chi connectivity index (χ1v) is 7.87. The molecule has 17 heavy (non-hydrogen) atoms. The molecule has 102 valence electrons. The van der Waals surface area contributed by atoms with Crippen molar-refractivity contribution in [1.29, 1.82) is 0 Å². The Labute approximate surface area is 105 Å². The summed E-state index contributed by atoms with van der Waals surface area (Å²) in [5, 5.41) is 0. The molecular weight excluding hydrogens is 238 g/mol. The predicted octanol–water partition coefficient (Wildman–Crippen LogP) is 0.634. The van der Waals surface area contributed by atoms with Crippen molar-refractivity contribution in [3.8, 4) is 0 Å². The molecule has 2 N–H and O–H groups in total. The van der Waals surface area contributed by atoms with Gasteiger partial charge in [0.25, 0.3) is 10.2 Å². The molecule has 1 atom stereocenters. The lowest BCUT2D eigenvalue weighted by Crippen LogP contribution is -2.47. The topological polar surface area (TPSA) is 66.6 Å². The molecule has 1 rings (SSSR count). The van der Waals surface area contributed by atoms with Crippen molar-refractivity contribution in [2.45, 2.75) is 33.1 Å². The van der Waals surface area contributed by atoms with Crippen LogP contribution in [0.15, 0.2) is 0 Å². The number of hydrogen-bond acceptors (Lipinski definition) is 3. The summed E-state index contributed by atoms with van der Waals surface area (Å²) in [5.74, 6) is 0.203. The molecule has 6 heteroatoms. The Kier molecular flexibility index (Phi) is 5.85. The van der Waals surface area contributed by atoms with E-state index in [0.717, 1.165) is 19.3 Å². The quantitative estimate of drug-likeness (QED) is 0.764. The highest BCUT2D eigenvalue weighted by Crippen LogP contribution is 2.17. The minimum atomic E-state index is -3.27. The van der Waals surface area contributed by atoms with Crippen LogP contribution in [0.2, 0.25) is 0 Å². The number of hydrogen-bond donors (Lipinski definition) is 1. The van der Waals surface area contributed by atoms with Crippen molar-refractivity contribution in [2.75, 3.05) is 32.7 Å². The first-order valence-electron chi connectivity index (χ1n) is 6.47. The maximum Gasteiger partial charge on any atom is 0.281 e. The monoisotopic (exact) mass is 263 g/mol. The smallest absolute Gasteiger partial charge is 0.281 e. The van der Waals surface area contributed by atoms with Crippen molar-refractivity contribution < 1.29 is 8.42 Å². The second-order valence-corrected chi connectivity index (χ2v) is 6.69. The van der Waals surface area contributed by atoms with E-state index in [9.17, 15) is 8.42 Å². The van der Waals surface area contributed by atoms with Gasteiger partial charge in [-0.3, -0.25) is 0 Å². The molecule has 0 amide bonds. The molecule has 0 spiro atoms. The van der Waals surface area contributed by atoms with Crippen molar-refractivity contribution >= 4 is 10.2 Å².